The quantitative estimate of drug-likeness (QED) is 0.279. The molecule has 0 unspecified atom stereocenters. The first-order chi connectivity index (χ1) is 9.96. The number of hydrogen-bond acceptors (Lipinski definition) is 6. The lowest BCUT2D eigenvalue weighted by Crippen LogP contribution is -2.29. The van der Waals surface area contributed by atoms with E-state index in [4.69, 9.17) is 12.2 Å². The van der Waals surface area contributed by atoms with Crippen molar-refractivity contribution < 1.29 is 23.9 Å². The van der Waals surface area contributed by atoms with Crippen LogP contribution in [0.3, 0.4) is 0 Å². The van der Waals surface area contributed by atoms with E-state index in [1.807, 2.05) is 0 Å². The SMILES string of the molecule is C#CCN.C#CCN1C(=O)C=CC1=O.O=C1C=CC(=O)O1. The maximum atomic E-state index is 10.7. The Balaban J connectivity index is 0.000000317. The Morgan fingerprint density at radius 1 is 0.952 bits per heavy atom. The Morgan fingerprint density at radius 2 is 1.38 bits per heavy atom. The normalized spacial score (nSPS) is 14.5. The summed E-state index contributed by atoms with van der Waals surface area (Å²) in [5.74, 6) is 2.60. The van der Waals surface area contributed by atoms with E-state index in [2.05, 4.69) is 23.0 Å². The predicted octanol–water partition coefficient (Wildman–Crippen LogP) is -1.25. The second-order valence-corrected chi connectivity index (χ2v) is 3.28. The monoisotopic (exact) mass is 288 g/mol. The number of imide groups is 1. The molecular weight excluding hydrogens is 276 g/mol. The third-order valence-electron chi connectivity index (χ3n) is 1.82. The number of carbonyl (C=O) groups is 4. The van der Waals surface area contributed by atoms with E-state index in [0.29, 0.717) is 6.54 Å². The number of nitrogens with zero attached hydrogens (tertiary/aromatic N) is 1. The van der Waals surface area contributed by atoms with Crippen LogP contribution in [0, 0.1) is 24.7 Å². The molecule has 2 aliphatic heterocycles. The highest BCUT2D eigenvalue weighted by Gasteiger charge is 2.21. The summed E-state index contributed by atoms with van der Waals surface area (Å²) in [4.78, 5) is 42.2. The predicted molar refractivity (Wildman–Crippen MR) is 72.8 cm³/mol. The lowest BCUT2D eigenvalue weighted by Gasteiger charge is -2.07. The van der Waals surface area contributed by atoms with Crippen LogP contribution in [0.1, 0.15) is 0 Å². The molecule has 0 aromatic heterocycles. The number of terminal acetylenes is 2. The standard InChI is InChI=1S/C7H5NO2.C4H2O3.C3H5N/c1-2-5-8-6(9)3-4-7(8)10;5-3-1-2-4(6)7-3;1-2-3-4/h1,3-4H,5H2;1-2H;1H,3-4H2. The molecule has 0 radical (unpaired) electrons. The molecule has 0 fully saturated rings. The molecule has 0 bridgehead atoms. The maximum Gasteiger partial charge on any atom is 0.338 e. The third kappa shape index (κ3) is 7.11. The van der Waals surface area contributed by atoms with Crippen LogP contribution < -0.4 is 5.73 Å². The Labute approximate surface area is 121 Å². The van der Waals surface area contributed by atoms with Crippen molar-refractivity contribution in [2.24, 2.45) is 5.73 Å². The van der Waals surface area contributed by atoms with Crippen LogP contribution >= 0.6 is 0 Å². The zero-order valence-electron chi connectivity index (χ0n) is 10.9. The van der Waals surface area contributed by atoms with Crippen molar-refractivity contribution in [2.45, 2.75) is 0 Å². The van der Waals surface area contributed by atoms with Gasteiger partial charge in [0.15, 0.2) is 0 Å². The average Bonchev–Trinajstić information content (AvgIpc) is 2.99. The van der Waals surface area contributed by atoms with Gasteiger partial charge in [0.1, 0.15) is 0 Å². The Morgan fingerprint density at radius 3 is 1.62 bits per heavy atom. The molecule has 0 aromatic rings. The van der Waals surface area contributed by atoms with E-state index < -0.39 is 11.9 Å². The Bertz CT molecular complexity index is 541. The van der Waals surface area contributed by atoms with Crippen LogP contribution in [-0.4, -0.2) is 41.7 Å². The minimum absolute atomic E-state index is 0.0602. The van der Waals surface area contributed by atoms with Crippen LogP contribution in [0.2, 0.25) is 0 Å². The first-order valence-corrected chi connectivity index (χ1v) is 5.50. The van der Waals surface area contributed by atoms with Crippen molar-refractivity contribution in [2.75, 3.05) is 13.1 Å². The van der Waals surface area contributed by atoms with Crippen LogP contribution in [-0.2, 0) is 23.9 Å². The zero-order chi connectivity index (χ0) is 16.3. The molecule has 2 heterocycles. The zero-order valence-corrected chi connectivity index (χ0v) is 10.9. The van der Waals surface area contributed by atoms with Crippen molar-refractivity contribution in [1.82, 2.24) is 4.90 Å². The summed E-state index contributed by atoms with van der Waals surface area (Å²) in [5, 5.41) is 0. The summed E-state index contributed by atoms with van der Waals surface area (Å²) in [5.41, 5.74) is 4.79. The highest BCUT2D eigenvalue weighted by atomic mass is 16.6. The number of rotatable bonds is 1. The smallest absolute Gasteiger partial charge is 0.338 e. The molecule has 2 amide bonds. The van der Waals surface area contributed by atoms with Gasteiger partial charge in [-0.15, -0.1) is 12.8 Å². The first kappa shape index (κ1) is 17.8. The van der Waals surface area contributed by atoms with Crippen LogP contribution in [0.25, 0.3) is 0 Å². The van der Waals surface area contributed by atoms with Crippen molar-refractivity contribution in [3.63, 3.8) is 0 Å². The number of cyclic esters (lactones) is 2. The third-order valence-corrected chi connectivity index (χ3v) is 1.82. The maximum absolute atomic E-state index is 10.7. The minimum atomic E-state index is -0.579. The van der Waals surface area contributed by atoms with Crippen molar-refractivity contribution in [1.29, 1.82) is 0 Å². The van der Waals surface area contributed by atoms with E-state index >= 15 is 0 Å². The summed E-state index contributed by atoms with van der Waals surface area (Å²) in [7, 11) is 0. The van der Waals surface area contributed by atoms with Crippen LogP contribution in [0.5, 0.6) is 0 Å². The number of esters is 2. The number of amides is 2. The Hall–Kier alpha value is -3.16. The van der Waals surface area contributed by atoms with Gasteiger partial charge in [0, 0.05) is 24.3 Å². The molecule has 0 spiro atoms. The van der Waals surface area contributed by atoms with Crippen LogP contribution in [0.4, 0.5) is 0 Å². The van der Waals surface area contributed by atoms with Gasteiger partial charge in [-0.2, -0.15) is 0 Å². The average molecular weight is 288 g/mol. The van der Waals surface area contributed by atoms with Gasteiger partial charge in [-0.25, -0.2) is 9.59 Å². The summed E-state index contributed by atoms with van der Waals surface area (Å²) in [6.45, 7) is 0.407. The molecule has 7 heteroatoms. The van der Waals surface area contributed by atoms with Gasteiger partial charge in [0.05, 0.1) is 13.1 Å². The molecule has 0 aliphatic carbocycles. The summed E-state index contributed by atoms with van der Waals surface area (Å²) < 4.78 is 3.97. The minimum Gasteiger partial charge on any atom is -0.387 e. The number of ether oxygens (including phenoxy) is 1. The number of hydrogen-bond donors (Lipinski definition) is 1. The molecule has 0 saturated carbocycles. The second-order valence-electron chi connectivity index (χ2n) is 3.28. The Kier molecular flexibility index (Phi) is 8.26. The molecule has 7 nitrogen and oxygen atoms in total. The molecular formula is C14H12N2O5. The fourth-order valence-electron chi connectivity index (χ4n) is 0.982. The number of carbonyl (C=O) groups excluding carboxylic acids is 4. The lowest BCUT2D eigenvalue weighted by molar-refractivity contribution is -0.150. The molecule has 0 aromatic carbocycles. The molecule has 2 N–H and O–H groups in total. The van der Waals surface area contributed by atoms with Gasteiger partial charge in [-0.1, -0.05) is 11.8 Å². The second kappa shape index (κ2) is 9.73. The van der Waals surface area contributed by atoms with Crippen molar-refractivity contribution >= 4 is 23.8 Å². The highest BCUT2D eigenvalue weighted by Crippen LogP contribution is 2.00. The van der Waals surface area contributed by atoms with Crippen LogP contribution in [0.15, 0.2) is 24.3 Å². The lowest BCUT2D eigenvalue weighted by atomic mass is 10.5. The molecule has 0 atom stereocenters. The van der Waals surface area contributed by atoms with Gasteiger partial charge in [0.25, 0.3) is 11.8 Å². The summed E-state index contributed by atoms with van der Waals surface area (Å²) in [6, 6.07) is 0. The summed E-state index contributed by atoms with van der Waals surface area (Å²) in [6.07, 6.45) is 14.1. The van der Waals surface area contributed by atoms with Gasteiger partial charge in [0.2, 0.25) is 0 Å². The highest BCUT2D eigenvalue weighted by molar-refractivity contribution is 6.13. The first-order valence-electron chi connectivity index (χ1n) is 5.50. The number of nitrogens with two attached hydrogens (primary N) is 1. The van der Waals surface area contributed by atoms with Crippen molar-refractivity contribution in [3.05, 3.63) is 24.3 Å². The molecule has 2 aliphatic rings. The molecule has 108 valence electrons. The van der Waals surface area contributed by atoms with E-state index in [-0.39, 0.29) is 18.4 Å². The van der Waals surface area contributed by atoms with E-state index in [9.17, 15) is 19.2 Å². The van der Waals surface area contributed by atoms with E-state index in [1.54, 1.807) is 0 Å². The van der Waals surface area contributed by atoms with Gasteiger partial charge >= 0.3 is 11.9 Å². The molecule has 2 rings (SSSR count). The fourth-order valence-corrected chi connectivity index (χ4v) is 0.982. The van der Waals surface area contributed by atoms with E-state index in [0.717, 1.165) is 17.1 Å². The topological polar surface area (TPSA) is 107 Å². The van der Waals surface area contributed by atoms with E-state index in [1.165, 1.54) is 12.2 Å². The fraction of sp³-hybridized carbons (Fsp3) is 0.143. The van der Waals surface area contributed by atoms with Gasteiger partial charge in [-0.3, -0.25) is 14.5 Å². The molecule has 0 saturated heterocycles. The van der Waals surface area contributed by atoms with Gasteiger partial charge < -0.3 is 10.5 Å². The summed E-state index contributed by atoms with van der Waals surface area (Å²) >= 11 is 0. The van der Waals surface area contributed by atoms with Gasteiger partial charge in [-0.05, 0) is 0 Å². The molecule has 21 heavy (non-hydrogen) atoms. The largest absolute Gasteiger partial charge is 0.387 e. The van der Waals surface area contributed by atoms with Crippen molar-refractivity contribution in [3.8, 4) is 24.7 Å².